The molecule has 0 spiro atoms. The van der Waals surface area contributed by atoms with Crippen LogP contribution in [0.3, 0.4) is 0 Å². The Balaban J connectivity index is 1.76. The number of ether oxygens (including phenoxy) is 1. The van der Waals surface area contributed by atoms with E-state index in [4.69, 9.17) is 4.74 Å². The zero-order chi connectivity index (χ0) is 14.1. The Hall–Kier alpha value is -2.21. The second-order valence-electron chi connectivity index (χ2n) is 4.52. The number of carbonyl (C=O) groups excluding carboxylic acids is 2. The molecule has 0 aliphatic carbocycles. The summed E-state index contributed by atoms with van der Waals surface area (Å²) in [5, 5.41) is 3.19. The van der Waals surface area contributed by atoms with Crippen LogP contribution in [0.4, 0.5) is 5.13 Å². The Morgan fingerprint density at radius 2 is 2.25 bits per heavy atom. The molecular formula is C14H12N2O3S. The summed E-state index contributed by atoms with van der Waals surface area (Å²) in [6.45, 7) is 1.91. The zero-order valence-corrected chi connectivity index (χ0v) is 11.6. The molecule has 1 aliphatic heterocycles. The smallest absolute Gasteiger partial charge is 0.339 e. The van der Waals surface area contributed by atoms with Crippen molar-refractivity contribution in [3.63, 3.8) is 0 Å². The van der Waals surface area contributed by atoms with E-state index in [9.17, 15) is 9.59 Å². The van der Waals surface area contributed by atoms with Gasteiger partial charge in [-0.05, 0) is 18.6 Å². The van der Waals surface area contributed by atoms with E-state index in [1.54, 1.807) is 18.3 Å². The van der Waals surface area contributed by atoms with Gasteiger partial charge in [0.1, 0.15) is 0 Å². The number of aryl methyl sites for hydroxylation is 1. The lowest BCUT2D eigenvalue weighted by molar-refractivity contribution is -0.125. The lowest BCUT2D eigenvalue weighted by Gasteiger charge is -2.23. The van der Waals surface area contributed by atoms with E-state index in [0.717, 1.165) is 10.4 Å². The number of esters is 1. The monoisotopic (exact) mass is 288 g/mol. The Kier molecular flexibility index (Phi) is 3.23. The van der Waals surface area contributed by atoms with Crippen LogP contribution < -0.4 is 5.32 Å². The van der Waals surface area contributed by atoms with Crippen LogP contribution in [0.1, 0.15) is 20.8 Å². The van der Waals surface area contributed by atoms with Gasteiger partial charge >= 0.3 is 5.97 Å². The quantitative estimate of drug-likeness (QED) is 0.860. The summed E-state index contributed by atoms with van der Waals surface area (Å²) in [5.41, 5.74) is 1.36. The number of nitrogens with zero attached hydrogens (tertiary/aromatic N) is 1. The molecule has 1 amide bonds. The first-order valence-electron chi connectivity index (χ1n) is 6.15. The third kappa shape index (κ3) is 2.42. The Bertz CT molecular complexity index is 681. The summed E-state index contributed by atoms with van der Waals surface area (Å²) in [6, 6.07) is 7.16. The van der Waals surface area contributed by atoms with E-state index in [-0.39, 0.29) is 5.91 Å². The van der Waals surface area contributed by atoms with Crippen molar-refractivity contribution in [2.45, 2.75) is 19.4 Å². The van der Waals surface area contributed by atoms with Crippen molar-refractivity contribution in [1.29, 1.82) is 0 Å². The minimum atomic E-state index is -0.804. The largest absolute Gasteiger partial charge is 0.448 e. The fraction of sp³-hybridized carbons (Fsp3) is 0.214. The molecule has 1 aliphatic rings. The summed E-state index contributed by atoms with van der Waals surface area (Å²) in [4.78, 5) is 29.0. The van der Waals surface area contributed by atoms with Crippen LogP contribution in [0.5, 0.6) is 0 Å². The number of hydrogen-bond acceptors (Lipinski definition) is 5. The first-order chi connectivity index (χ1) is 9.63. The van der Waals surface area contributed by atoms with Gasteiger partial charge in [0, 0.05) is 17.5 Å². The highest BCUT2D eigenvalue weighted by molar-refractivity contribution is 7.15. The van der Waals surface area contributed by atoms with Crippen LogP contribution in [0.25, 0.3) is 0 Å². The molecule has 5 nitrogen and oxygen atoms in total. The molecule has 6 heteroatoms. The molecule has 20 heavy (non-hydrogen) atoms. The second-order valence-corrected chi connectivity index (χ2v) is 5.76. The fourth-order valence-corrected chi connectivity index (χ4v) is 2.74. The van der Waals surface area contributed by atoms with Gasteiger partial charge in [0.05, 0.1) is 5.56 Å². The van der Waals surface area contributed by atoms with Gasteiger partial charge in [-0.25, -0.2) is 9.78 Å². The number of nitrogens with one attached hydrogen (secondary N) is 1. The highest BCUT2D eigenvalue weighted by atomic mass is 32.1. The molecule has 0 radical (unpaired) electrons. The van der Waals surface area contributed by atoms with Gasteiger partial charge in [-0.1, -0.05) is 18.2 Å². The molecule has 2 heterocycles. The number of benzene rings is 1. The van der Waals surface area contributed by atoms with Gasteiger partial charge in [-0.15, -0.1) is 11.3 Å². The first-order valence-corrected chi connectivity index (χ1v) is 6.97. The third-order valence-corrected chi connectivity index (χ3v) is 3.86. The van der Waals surface area contributed by atoms with Crippen molar-refractivity contribution >= 4 is 28.3 Å². The maximum atomic E-state index is 12.1. The maximum Gasteiger partial charge on any atom is 0.339 e. The molecule has 1 aromatic heterocycles. The van der Waals surface area contributed by atoms with E-state index < -0.39 is 12.1 Å². The Morgan fingerprint density at radius 3 is 3.00 bits per heavy atom. The molecule has 3 rings (SSSR count). The molecule has 0 bridgehead atoms. The fourth-order valence-electron chi connectivity index (χ4n) is 2.08. The van der Waals surface area contributed by atoms with Crippen LogP contribution in [-0.4, -0.2) is 23.0 Å². The van der Waals surface area contributed by atoms with Gasteiger partial charge in [0.15, 0.2) is 11.2 Å². The minimum Gasteiger partial charge on any atom is -0.448 e. The highest BCUT2D eigenvalue weighted by Gasteiger charge is 2.31. The standard InChI is InChI=1S/C14H12N2O3S/c1-8-7-15-14(20-8)16-12(17)11-6-9-4-2-3-5-10(9)13(18)19-11/h2-5,7,11H,6H2,1H3,(H,15,16,17)/t11-/m0/s1. The summed E-state index contributed by atoms with van der Waals surface area (Å²) >= 11 is 1.38. The number of amides is 1. The Morgan fingerprint density at radius 1 is 1.45 bits per heavy atom. The number of anilines is 1. The van der Waals surface area contributed by atoms with E-state index in [1.165, 1.54) is 11.3 Å². The molecule has 1 N–H and O–H groups in total. The summed E-state index contributed by atoms with van der Waals surface area (Å²) in [5.74, 6) is -0.801. The van der Waals surface area contributed by atoms with Crippen molar-refractivity contribution in [3.8, 4) is 0 Å². The van der Waals surface area contributed by atoms with Crippen LogP contribution in [0.2, 0.25) is 0 Å². The molecule has 0 unspecified atom stereocenters. The lowest BCUT2D eigenvalue weighted by atomic mass is 9.98. The molecule has 0 saturated heterocycles. The summed E-state index contributed by atoms with van der Waals surface area (Å²) in [7, 11) is 0. The molecule has 102 valence electrons. The number of hydrogen-bond donors (Lipinski definition) is 1. The van der Waals surface area contributed by atoms with Gasteiger partial charge in [-0.3, -0.25) is 10.1 Å². The van der Waals surface area contributed by atoms with Crippen LogP contribution in [-0.2, 0) is 16.0 Å². The van der Waals surface area contributed by atoms with Gasteiger partial charge in [0.2, 0.25) is 0 Å². The third-order valence-electron chi connectivity index (χ3n) is 3.04. The van der Waals surface area contributed by atoms with Crippen LogP contribution in [0.15, 0.2) is 30.5 Å². The van der Waals surface area contributed by atoms with Gasteiger partial charge in [-0.2, -0.15) is 0 Å². The van der Waals surface area contributed by atoms with E-state index in [0.29, 0.717) is 17.1 Å². The van der Waals surface area contributed by atoms with Crippen molar-refractivity contribution in [2.24, 2.45) is 0 Å². The highest BCUT2D eigenvalue weighted by Crippen LogP contribution is 2.22. The molecule has 1 aromatic carbocycles. The summed E-state index contributed by atoms with van der Waals surface area (Å²) < 4.78 is 5.18. The van der Waals surface area contributed by atoms with Crippen molar-refractivity contribution in [2.75, 3.05) is 5.32 Å². The van der Waals surface area contributed by atoms with Gasteiger partial charge in [0.25, 0.3) is 5.91 Å². The van der Waals surface area contributed by atoms with Crippen molar-refractivity contribution < 1.29 is 14.3 Å². The van der Waals surface area contributed by atoms with Crippen LogP contribution >= 0.6 is 11.3 Å². The molecular weight excluding hydrogens is 276 g/mol. The zero-order valence-electron chi connectivity index (χ0n) is 10.8. The lowest BCUT2D eigenvalue weighted by Crippen LogP contribution is -2.37. The average Bonchev–Trinajstić information content (AvgIpc) is 2.84. The number of thiazole rings is 1. The van der Waals surface area contributed by atoms with Crippen molar-refractivity contribution in [3.05, 3.63) is 46.5 Å². The number of cyclic esters (lactones) is 1. The normalized spacial score (nSPS) is 17.2. The molecule has 0 saturated carbocycles. The topological polar surface area (TPSA) is 68.3 Å². The average molecular weight is 288 g/mol. The van der Waals surface area contributed by atoms with E-state index in [1.807, 2.05) is 19.1 Å². The minimum absolute atomic E-state index is 0.345. The molecule has 0 fully saturated rings. The Labute approximate surface area is 119 Å². The van der Waals surface area contributed by atoms with Crippen LogP contribution in [0, 0.1) is 6.92 Å². The van der Waals surface area contributed by atoms with Crippen molar-refractivity contribution in [1.82, 2.24) is 4.98 Å². The predicted octanol–water partition coefficient (Wildman–Crippen LogP) is 2.17. The number of aromatic nitrogens is 1. The first kappa shape index (κ1) is 12.8. The summed E-state index contributed by atoms with van der Waals surface area (Å²) in [6.07, 6.45) is 1.27. The number of fused-ring (bicyclic) bond motifs is 1. The molecule has 2 aromatic rings. The SMILES string of the molecule is Cc1cnc(NC(=O)[C@@H]2Cc3ccccc3C(=O)O2)s1. The van der Waals surface area contributed by atoms with E-state index in [2.05, 4.69) is 10.3 Å². The predicted molar refractivity (Wildman–Crippen MR) is 74.8 cm³/mol. The number of rotatable bonds is 2. The van der Waals surface area contributed by atoms with E-state index >= 15 is 0 Å². The second kappa shape index (κ2) is 5.05. The molecule has 1 atom stereocenters. The maximum absolute atomic E-state index is 12.1. The van der Waals surface area contributed by atoms with Gasteiger partial charge < -0.3 is 4.74 Å². The number of carbonyl (C=O) groups is 2.